The number of benzene rings is 1. The highest BCUT2D eigenvalue weighted by atomic mass is 16.5. The standard InChI is InChI=1S/C17H21N3O3/c1-12-6-8-14(9-7-12)22-11-16-18-17(19-23-16)15-5-3-4-10-20(15)13(2)21/h6-9,15H,3-5,10-11H2,1-2H3/t15-/m0/s1. The molecule has 0 bridgehead atoms. The number of nitrogens with zero attached hydrogens (tertiary/aromatic N) is 3. The topological polar surface area (TPSA) is 68.5 Å². The molecule has 3 rings (SSSR count). The molecule has 2 aromatic rings. The molecule has 6 heteroatoms. The molecule has 1 atom stereocenters. The predicted octanol–water partition coefficient (Wildman–Crippen LogP) is 3.03. The van der Waals surface area contributed by atoms with E-state index in [9.17, 15) is 4.79 Å². The van der Waals surface area contributed by atoms with E-state index in [-0.39, 0.29) is 18.6 Å². The van der Waals surface area contributed by atoms with Crippen LogP contribution in [0, 0.1) is 6.92 Å². The Morgan fingerprint density at radius 1 is 1.35 bits per heavy atom. The molecule has 23 heavy (non-hydrogen) atoms. The lowest BCUT2D eigenvalue weighted by Gasteiger charge is -2.32. The van der Waals surface area contributed by atoms with Gasteiger partial charge in [0.15, 0.2) is 12.4 Å². The van der Waals surface area contributed by atoms with Gasteiger partial charge in [0.1, 0.15) is 5.75 Å². The summed E-state index contributed by atoms with van der Waals surface area (Å²) in [5.41, 5.74) is 1.18. The van der Waals surface area contributed by atoms with E-state index in [1.165, 1.54) is 5.56 Å². The van der Waals surface area contributed by atoms with Crippen LogP contribution in [0.5, 0.6) is 5.75 Å². The van der Waals surface area contributed by atoms with Gasteiger partial charge in [-0.1, -0.05) is 22.9 Å². The highest BCUT2D eigenvalue weighted by Crippen LogP contribution is 2.29. The number of amides is 1. The lowest BCUT2D eigenvalue weighted by molar-refractivity contribution is -0.132. The zero-order chi connectivity index (χ0) is 16.2. The van der Waals surface area contributed by atoms with Crippen molar-refractivity contribution in [1.29, 1.82) is 0 Å². The number of likely N-dealkylation sites (tertiary alicyclic amines) is 1. The molecule has 0 radical (unpaired) electrons. The van der Waals surface area contributed by atoms with Crippen molar-refractivity contribution in [2.24, 2.45) is 0 Å². The van der Waals surface area contributed by atoms with Crippen molar-refractivity contribution in [3.8, 4) is 5.75 Å². The van der Waals surface area contributed by atoms with E-state index in [4.69, 9.17) is 9.26 Å². The second-order valence-electron chi connectivity index (χ2n) is 5.87. The molecule has 0 spiro atoms. The first kappa shape index (κ1) is 15.5. The average Bonchev–Trinajstić information content (AvgIpc) is 3.03. The minimum atomic E-state index is -0.0851. The maximum Gasteiger partial charge on any atom is 0.264 e. The van der Waals surface area contributed by atoms with Crippen molar-refractivity contribution in [1.82, 2.24) is 15.0 Å². The predicted molar refractivity (Wildman–Crippen MR) is 83.8 cm³/mol. The van der Waals surface area contributed by atoms with E-state index in [2.05, 4.69) is 10.1 Å². The third kappa shape index (κ3) is 3.70. The SMILES string of the molecule is CC(=O)N1CCCC[C@H]1c1noc(COc2ccc(C)cc2)n1. The smallest absolute Gasteiger partial charge is 0.264 e. The Bertz CT molecular complexity index is 666. The van der Waals surface area contributed by atoms with Gasteiger partial charge in [-0.15, -0.1) is 0 Å². The minimum absolute atomic E-state index is 0.0527. The van der Waals surface area contributed by atoms with Crippen molar-refractivity contribution in [3.63, 3.8) is 0 Å². The first-order chi connectivity index (χ1) is 11.1. The number of piperidine rings is 1. The van der Waals surface area contributed by atoms with E-state index in [1.54, 1.807) is 6.92 Å². The van der Waals surface area contributed by atoms with Gasteiger partial charge in [-0.3, -0.25) is 4.79 Å². The van der Waals surface area contributed by atoms with Crippen molar-refractivity contribution >= 4 is 5.91 Å². The van der Waals surface area contributed by atoms with E-state index in [0.717, 1.165) is 31.6 Å². The van der Waals surface area contributed by atoms with Crippen LogP contribution in [-0.4, -0.2) is 27.5 Å². The Kier molecular flexibility index (Phi) is 4.60. The average molecular weight is 315 g/mol. The molecule has 1 aromatic carbocycles. The normalized spacial score (nSPS) is 18.0. The molecule has 122 valence electrons. The molecule has 1 amide bonds. The highest BCUT2D eigenvalue weighted by molar-refractivity contribution is 5.73. The summed E-state index contributed by atoms with van der Waals surface area (Å²) in [6.07, 6.45) is 2.97. The van der Waals surface area contributed by atoms with Crippen LogP contribution in [0.25, 0.3) is 0 Å². The van der Waals surface area contributed by atoms with Gasteiger partial charge in [0.25, 0.3) is 5.89 Å². The number of rotatable bonds is 4. The quantitative estimate of drug-likeness (QED) is 0.867. The molecule has 0 N–H and O–H groups in total. The molecule has 0 saturated carbocycles. The lowest BCUT2D eigenvalue weighted by Crippen LogP contribution is -2.37. The molecule has 1 fully saturated rings. The summed E-state index contributed by atoms with van der Waals surface area (Å²) >= 11 is 0. The molecule has 0 aliphatic carbocycles. The number of hydrogen-bond donors (Lipinski definition) is 0. The number of carbonyl (C=O) groups excluding carboxylic acids is 1. The molecule has 6 nitrogen and oxygen atoms in total. The van der Waals surface area contributed by atoms with Gasteiger partial charge in [-0.25, -0.2) is 0 Å². The Hall–Kier alpha value is -2.37. The van der Waals surface area contributed by atoms with Crippen molar-refractivity contribution < 1.29 is 14.1 Å². The Morgan fingerprint density at radius 3 is 2.87 bits per heavy atom. The van der Waals surface area contributed by atoms with Crippen molar-refractivity contribution in [2.75, 3.05) is 6.54 Å². The number of ether oxygens (including phenoxy) is 1. The second kappa shape index (κ2) is 6.81. The lowest BCUT2D eigenvalue weighted by atomic mass is 10.0. The number of carbonyl (C=O) groups is 1. The Labute approximate surface area is 135 Å². The van der Waals surface area contributed by atoms with Gasteiger partial charge in [0, 0.05) is 13.5 Å². The van der Waals surface area contributed by atoms with E-state index in [0.29, 0.717) is 11.7 Å². The fourth-order valence-electron chi connectivity index (χ4n) is 2.82. The summed E-state index contributed by atoms with van der Waals surface area (Å²) in [7, 11) is 0. The van der Waals surface area contributed by atoms with Crippen LogP contribution in [0.3, 0.4) is 0 Å². The van der Waals surface area contributed by atoms with Crippen LogP contribution in [-0.2, 0) is 11.4 Å². The maximum absolute atomic E-state index is 11.7. The fraction of sp³-hybridized carbons (Fsp3) is 0.471. The minimum Gasteiger partial charge on any atom is -0.484 e. The molecule has 1 aliphatic rings. The molecular weight excluding hydrogens is 294 g/mol. The summed E-state index contributed by atoms with van der Waals surface area (Å²) < 4.78 is 10.9. The number of hydrogen-bond acceptors (Lipinski definition) is 5. The molecular formula is C17H21N3O3. The summed E-state index contributed by atoms with van der Waals surface area (Å²) in [5.74, 6) is 1.81. The van der Waals surface area contributed by atoms with E-state index in [1.807, 2.05) is 36.1 Å². The van der Waals surface area contributed by atoms with Crippen LogP contribution in [0.1, 0.15) is 49.5 Å². The molecule has 1 aromatic heterocycles. The summed E-state index contributed by atoms with van der Waals surface area (Å²) in [4.78, 5) is 18.0. The van der Waals surface area contributed by atoms with Gasteiger partial charge < -0.3 is 14.2 Å². The number of aromatic nitrogens is 2. The molecule has 1 saturated heterocycles. The summed E-state index contributed by atoms with van der Waals surface area (Å²) in [6.45, 7) is 4.59. The third-order valence-corrected chi connectivity index (χ3v) is 4.07. The summed E-state index contributed by atoms with van der Waals surface area (Å²) in [5, 5.41) is 4.04. The Balaban J connectivity index is 1.65. The maximum atomic E-state index is 11.7. The van der Waals surface area contributed by atoms with Crippen LogP contribution in [0.15, 0.2) is 28.8 Å². The zero-order valence-electron chi connectivity index (χ0n) is 13.5. The van der Waals surface area contributed by atoms with Gasteiger partial charge in [-0.05, 0) is 38.3 Å². The Morgan fingerprint density at radius 2 is 2.13 bits per heavy atom. The highest BCUT2D eigenvalue weighted by Gasteiger charge is 2.29. The second-order valence-corrected chi connectivity index (χ2v) is 5.87. The molecule has 0 unspecified atom stereocenters. The van der Waals surface area contributed by atoms with Gasteiger partial charge in [-0.2, -0.15) is 4.98 Å². The van der Waals surface area contributed by atoms with Crippen LogP contribution < -0.4 is 4.74 Å². The van der Waals surface area contributed by atoms with Gasteiger partial charge >= 0.3 is 0 Å². The summed E-state index contributed by atoms with van der Waals surface area (Å²) in [6, 6.07) is 7.71. The van der Waals surface area contributed by atoms with Gasteiger partial charge in [0.05, 0.1) is 6.04 Å². The van der Waals surface area contributed by atoms with Crippen LogP contribution in [0.2, 0.25) is 0 Å². The van der Waals surface area contributed by atoms with Crippen molar-refractivity contribution in [3.05, 3.63) is 41.5 Å². The van der Waals surface area contributed by atoms with Crippen LogP contribution in [0.4, 0.5) is 0 Å². The number of aryl methyl sites for hydroxylation is 1. The largest absolute Gasteiger partial charge is 0.484 e. The fourth-order valence-corrected chi connectivity index (χ4v) is 2.82. The third-order valence-electron chi connectivity index (χ3n) is 4.07. The van der Waals surface area contributed by atoms with Gasteiger partial charge in [0.2, 0.25) is 5.91 Å². The molecule has 2 heterocycles. The van der Waals surface area contributed by atoms with E-state index < -0.39 is 0 Å². The zero-order valence-corrected chi connectivity index (χ0v) is 13.5. The van der Waals surface area contributed by atoms with Crippen molar-refractivity contribution in [2.45, 2.75) is 45.8 Å². The molecule has 1 aliphatic heterocycles. The monoisotopic (exact) mass is 315 g/mol. The van der Waals surface area contributed by atoms with E-state index >= 15 is 0 Å². The van der Waals surface area contributed by atoms with Crippen LogP contribution >= 0.6 is 0 Å². The first-order valence-electron chi connectivity index (χ1n) is 7.92. The first-order valence-corrected chi connectivity index (χ1v) is 7.92.